The maximum absolute atomic E-state index is 11.6. The van der Waals surface area contributed by atoms with Crippen LogP contribution in [0.25, 0.3) is 0 Å². The van der Waals surface area contributed by atoms with Gasteiger partial charge in [-0.25, -0.2) is 4.79 Å². The Kier molecular flexibility index (Phi) is 5.84. The van der Waals surface area contributed by atoms with Crippen LogP contribution in [-0.2, 0) is 9.53 Å². The van der Waals surface area contributed by atoms with Crippen molar-refractivity contribution in [3.63, 3.8) is 0 Å². The third kappa shape index (κ3) is 4.47. The number of nitrogens with one attached hydrogen (secondary N) is 1. The van der Waals surface area contributed by atoms with E-state index in [0.717, 1.165) is 43.0 Å². The van der Waals surface area contributed by atoms with Crippen molar-refractivity contribution >= 4 is 5.97 Å². The molecule has 0 radical (unpaired) electrons. The van der Waals surface area contributed by atoms with Gasteiger partial charge >= 0.3 is 5.97 Å². The van der Waals surface area contributed by atoms with Crippen molar-refractivity contribution in [3.8, 4) is 11.5 Å². The smallest absolute Gasteiger partial charge is 0.332 e. The summed E-state index contributed by atoms with van der Waals surface area (Å²) in [6.07, 6.45) is 7.36. The van der Waals surface area contributed by atoms with Crippen LogP contribution in [0.5, 0.6) is 11.5 Å². The van der Waals surface area contributed by atoms with Crippen molar-refractivity contribution in [2.75, 3.05) is 20.3 Å². The molecule has 1 heterocycles. The summed E-state index contributed by atoms with van der Waals surface area (Å²) in [7, 11) is 1.67. The second-order valence-electron chi connectivity index (χ2n) is 6.64. The van der Waals surface area contributed by atoms with E-state index in [0.29, 0.717) is 18.6 Å². The first kappa shape index (κ1) is 17.6. The summed E-state index contributed by atoms with van der Waals surface area (Å²) in [5, 5.41) is 3.30. The molecule has 1 aromatic carbocycles. The monoisotopic (exact) mass is 345 g/mol. The summed E-state index contributed by atoms with van der Waals surface area (Å²) < 4.78 is 16.6. The largest absolute Gasteiger partial charge is 0.493 e. The molecule has 25 heavy (non-hydrogen) atoms. The lowest BCUT2D eigenvalue weighted by Crippen LogP contribution is -2.12. The van der Waals surface area contributed by atoms with Crippen molar-refractivity contribution in [2.45, 2.75) is 51.0 Å². The van der Waals surface area contributed by atoms with Crippen LogP contribution in [0, 0.1) is 0 Å². The zero-order valence-electron chi connectivity index (χ0n) is 15.0. The van der Waals surface area contributed by atoms with E-state index in [-0.39, 0.29) is 5.97 Å². The molecule has 1 aromatic rings. The highest BCUT2D eigenvalue weighted by Crippen LogP contribution is 2.36. The lowest BCUT2D eigenvalue weighted by Gasteiger charge is -2.18. The standard InChI is InChI=1S/C20H27NO4/c1-3-24-20(22)12-16-10-15(13-21-16)14-8-9-18(23-2)19(11-14)25-17-6-4-5-7-17/h8-9,11-12,15,17,21H,3-7,10,13H2,1-2H3. The van der Waals surface area contributed by atoms with Gasteiger partial charge in [0.15, 0.2) is 11.5 Å². The lowest BCUT2D eigenvalue weighted by atomic mass is 9.97. The summed E-state index contributed by atoms with van der Waals surface area (Å²) in [6.45, 7) is 3.01. The van der Waals surface area contributed by atoms with Crippen molar-refractivity contribution in [1.29, 1.82) is 0 Å². The van der Waals surface area contributed by atoms with Gasteiger partial charge < -0.3 is 19.5 Å². The van der Waals surface area contributed by atoms with Crippen molar-refractivity contribution in [3.05, 3.63) is 35.5 Å². The number of ether oxygens (including phenoxy) is 3. The number of allylic oxidation sites excluding steroid dienone is 1. The highest BCUT2D eigenvalue weighted by molar-refractivity contribution is 5.82. The van der Waals surface area contributed by atoms with Crippen LogP contribution >= 0.6 is 0 Å². The molecule has 2 fully saturated rings. The van der Waals surface area contributed by atoms with Crippen LogP contribution in [0.2, 0.25) is 0 Å². The topological polar surface area (TPSA) is 56.8 Å². The zero-order valence-corrected chi connectivity index (χ0v) is 15.0. The molecule has 0 amide bonds. The van der Waals surface area contributed by atoms with Crippen LogP contribution < -0.4 is 14.8 Å². The van der Waals surface area contributed by atoms with E-state index in [4.69, 9.17) is 14.2 Å². The first-order chi connectivity index (χ1) is 12.2. The van der Waals surface area contributed by atoms with Gasteiger partial charge in [0.25, 0.3) is 0 Å². The fraction of sp³-hybridized carbons (Fsp3) is 0.550. The van der Waals surface area contributed by atoms with E-state index >= 15 is 0 Å². The van der Waals surface area contributed by atoms with Gasteiger partial charge in [0.1, 0.15) is 0 Å². The lowest BCUT2D eigenvalue weighted by molar-refractivity contribution is -0.137. The predicted octanol–water partition coefficient (Wildman–Crippen LogP) is 3.54. The molecule has 0 bridgehead atoms. The first-order valence-corrected chi connectivity index (χ1v) is 9.15. The second kappa shape index (κ2) is 8.28. The molecule has 5 nitrogen and oxygen atoms in total. The Morgan fingerprint density at radius 1 is 1.28 bits per heavy atom. The summed E-state index contributed by atoms with van der Waals surface area (Å²) in [4.78, 5) is 11.6. The maximum atomic E-state index is 11.6. The average molecular weight is 345 g/mol. The number of methoxy groups -OCH3 is 1. The second-order valence-corrected chi connectivity index (χ2v) is 6.64. The van der Waals surface area contributed by atoms with E-state index < -0.39 is 0 Å². The molecule has 136 valence electrons. The Hall–Kier alpha value is -2.17. The van der Waals surface area contributed by atoms with Gasteiger partial charge in [-0.2, -0.15) is 0 Å². The minimum Gasteiger partial charge on any atom is -0.493 e. The molecule has 0 spiro atoms. The number of rotatable bonds is 6. The molecule has 1 unspecified atom stereocenters. The molecular weight excluding hydrogens is 318 g/mol. The predicted molar refractivity (Wildman–Crippen MR) is 96.0 cm³/mol. The van der Waals surface area contributed by atoms with Gasteiger partial charge in [0.2, 0.25) is 0 Å². The summed E-state index contributed by atoms with van der Waals surface area (Å²) in [5.41, 5.74) is 2.13. The van der Waals surface area contributed by atoms with E-state index in [9.17, 15) is 4.79 Å². The fourth-order valence-electron chi connectivity index (χ4n) is 3.56. The number of hydrogen-bond donors (Lipinski definition) is 1. The molecule has 1 N–H and O–H groups in total. The minimum atomic E-state index is -0.286. The van der Waals surface area contributed by atoms with Crippen molar-refractivity contribution < 1.29 is 19.0 Å². The Labute approximate surface area is 149 Å². The summed E-state index contributed by atoms with van der Waals surface area (Å²) in [5.74, 6) is 1.64. The molecule has 1 atom stereocenters. The van der Waals surface area contributed by atoms with Crippen molar-refractivity contribution in [1.82, 2.24) is 5.32 Å². The normalized spacial score (nSPS) is 22.0. The molecule has 1 saturated heterocycles. The highest BCUT2D eigenvalue weighted by Gasteiger charge is 2.24. The zero-order chi connectivity index (χ0) is 17.6. The van der Waals surface area contributed by atoms with Crippen LogP contribution in [0.15, 0.2) is 30.0 Å². The molecule has 2 aliphatic rings. The molecule has 3 rings (SSSR count). The van der Waals surface area contributed by atoms with Gasteiger partial charge in [-0.15, -0.1) is 0 Å². The third-order valence-electron chi connectivity index (χ3n) is 4.88. The summed E-state index contributed by atoms with van der Waals surface area (Å²) in [6, 6.07) is 6.16. The average Bonchev–Trinajstić information content (AvgIpc) is 3.27. The Balaban J connectivity index is 1.71. The Morgan fingerprint density at radius 2 is 2.08 bits per heavy atom. The number of carbonyl (C=O) groups is 1. The van der Waals surface area contributed by atoms with Crippen LogP contribution in [-0.4, -0.2) is 32.3 Å². The quantitative estimate of drug-likeness (QED) is 0.631. The molecule has 1 aliphatic heterocycles. The number of hydrogen-bond acceptors (Lipinski definition) is 5. The molecule has 0 aromatic heterocycles. The SMILES string of the molecule is CCOC(=O)C=C1CC(c2ccc(OC)c(OC3CCCC3)c2)CN1. The first-order valence-electron chi connectivity index (χ1n) is 9.15. The van der Waals surface area contributed by atoms with Crippen LogP contribution in [0.1, 0.15) is 50.5 Å². The fourth-order valence-corrected chi connectivity index (χ4v) is 3.56. The maximum Gasteiger partial charge on any atom is 0.332 e. The molecular formula is C20H27NO4. The Morgan fingerprint density at radius 3 is 2.80 bits per heavy atom. The van der Waals surface area contributed by atoms with E-state index in [1.807, 2.05) is 13.0 Å². The van der Waals surface area contributed by atoms with Crippen LogP contribution in [0.4, 0.5) is 0 Å². The van der Waals surface area contributed by atoms with Gasteiger partial charge in [-0.3, -0.25) is 0 Å². The number of benzene rings is 1. The minimum absolute atomic E-state index is 0.286. The van der Waals surface area contributed by atoms with Crippen molar-refractivity contribution in [2.24, 2.45) is 0 Å². The van der Waals surface area contributed by atoms with Crippen LogP contribution in [0.3, 0.4) is 0 Å². The van der Waals surface area contributed by atoms with Gasteiger partial charge in [0, 0.05) is 24.2 Å². The third-order valence-corrected chi connectivity index (χ3v) is 4.88. The molecule has 1 aliphatic carbocycles. The molecule has 1 saturated carbocycles. The molecule has 5 heteroatoms. The van der Waals surface area contributed by atoms with Gasteiger partial charge in [0.05, 0.1) is 19.8 Å². The highest BCUT2D eigenvalue weighted by atomic mass is 16.5. The van der Waals surface area contributed by atoms with Gasteiger partial charge in [-0.1, -0.05) is 6.07 Å². The number of esters is 1. The summed E-state index contributed by atoms with van der Waals surface area (Å²) >= 11 is 0. The van der Waals surface area contributed by atoms with E-state index in [1.54, 1.807) is 13.2 Å². The van der Waals surface area contributed by atoms with Gasteiger partial charge in [-0.05, 0) is 56.7 Å². The van der Waals surface area contributed by atoms with E-state index in [1.165, 1.54) is 18.4 Å². The number of carbonyl (C=O) groups excluding carboxylic acids is 1. The van der Waals surface area contributed by atoms with E-state index in [2.05, 4.69) is 17.4 Å². The Bertz CT molecular complexity index is 635.